The van der Waals surface area contributed by atoms with Crippen molar-refractivity contribution in [2.24, 2.45) is 5.16 Å². The number of nitrogens with zero attached hydrogens (tertiary/aromatic N) is 2. The van der Waals surface area contributed by atoms with Crippen molar-refractivity contribution in [2.75, 3.05) is 32.8 Å². The second-order valence-electron chi connectivity index (χ2n) is 6.23. The van der Waals surface area contributed by atoms with Gasteiger partial charge in [0.1, 0.15) is 6.61 Å². The first-order valence-electron chi connectivity index (χ1n) is 8.97. The summed E-state index contributed by atoms with van der Waals surface area (Å²) in [4.78, 5) is 24.1. The number of carbonyl (C=O) groups is 1. The lowest BCUT2D eigenvalue weighted by molar-refractivity contribution is -0.110. The van der Waals surface area contributed by atoms with Crippen LogP contribution in [0.1, 0.15) is 16.9 Å². The highest BCUT2D eigenvalue weighted by atomic mass is 32.3. The van der Waals surface area contributed by atoms with Crippen LogP contribution in [-0.4, -0.2) is 53.1 Å². The summed E-state index contributed by atoms with van der Waals surface area (Å²) in [7, 11) is 0.166. The maximum atomic E-state index is 12.8. The van der Waals surface area contributed by atoms with Crippen LogP contribution >= 0.6 is 21.9 Å². The lowest BCUT2D eigenvalue weighted by Crippen LogP contribution is -2.24. The van der Waals surface area contributed by atoms with E-state index in [1.807, 2.05) is 0 Å². The summed E-state index contributed by atoms with van der Waals surface area (Å²) >= 11 is 1.29. The van der Waals surface area contributed by atoms with Crippen LogP contribution in [0.3, 0.4) is 0 Å². The van der Waals surface area contributed by atoms with Gasteiger partial charge in [0.2, 0.25) is 0 Å². The maximum absolute atomic E-state index is 12.8. The van der Waals surface area contributed by atoms with Gasteiger partial charge in [-0.1, -0.05) is 34.7 Å². The second-order valence-corrected chi connectivity index (χ2v) is 9.44. The highest BCUT2D eigenvalue weighted by Crippen LogP contribution is 2.61. The molecule has 0 unspecified atom stereocenters. The number of amides is 1. The molecule has 0 saturated heterocycles. The Kier molecular flexibility index (Phi) is 7.58. The van der Waals surface area contributed by atoms with Gasteiger partial charge in [-0.3, -0.25) is 19.2 Å². The number of thiazole rings is 1. The van der Waals surface area contributed by atoms with Crippen molar-refractivity contribution >= 4 is 38.7 Å². The topological polar surface area (TPSA) is 123 Å². The van der Waals surface area contributed by atoms with Gasteiger partial charge in [-0.15, -0.1) is 10.6 Å². The number of ether oxygens (including phenoxy) is 2. The van der Waals surface area contributed by atoms with Crippen LogP contribution in [0.5, 0.6) is 0 Å². The van der Waals surface area contributed by atoms with E-state index < -0.39 is 16.5 Å². The Bertz CT molecular complexity index is 940. The predicted molar refractivity (Wildman–Crippen MR) is 116 cm³/mol. The van der Waals surface area contributed by atoms with Crippen molar-refractivity contribution in [2.45, 2.75) is 17.9 Å². The quantitative estimate of drug-likeness (QED) is 0.269. The van der Waals surface area contributed by atoms with Crippen molar-refractivity contribution in [1.29, 1.82) is 0 Å². The molecule has 9 nitrogen and oxygen atoms in total. The van der Waals surface area contributed by atoms with E-state index in [0.29, 0.717) is 40.1 Å². The van der Waals surface area contributed by atoms with E-state index >= 15 is 0 Å². The molecule has 1 aliphatic rings. The molecule has 3 N–H and O–H groups in total. The van der Waals surface area contributed by atoms with Crippen LogP contribution in [0.2, 0.25) is 0 Å². The summed E-state index contributed by atoms with van der Waals surface area (Å²) in [5, 5.41) is 7.06. The van der Waals surface area contributed by atoms with Crippen molar-refractivity contribution in [3.63, 3.8) is 0 Å². The normalized spacial score (nSPS) is 14.3. The van der Waals surface area contributed by atoms with Gasteiger partial charge in [0.15, 0.2) is 10.8 Å². The number of oxime groups is 1. The minimum Gasteiger partial charge on any atom is -0.393 e. The Balaban J connectivity index is 1.78. The number of hydrogen-bond donors (Lipinski definition) is 3. The molecule has 3 rings (SSSR count). The second kappa shape index (κ2) is 10.2. The van der Waals surface area contributed by atoms with Gasteiger partial charge in [0.05, 0.1) is 23.0 Å². The monoisotopic (exact) mass is 453 g/mol. The van der Waals surface area contributed by atoms with E-state index in [0.717, 1.165) is 4.88 Å². The Morgan fingerprint density at radius 2 is 1.97 bits per heavy atom. The molecule has 0 radical (unpaired) electrons. The lowest BCUT2D eigenvalue weighted by Gasteiger charge is -2.30. The van der Waals surface area contributed by atoms with Crippen LogP contribution in [0, 0.1) is 0 Å². The lowest BCUT2D eigenvalue weighted by atomic mass is 10.1. The third-order valence-electron chi connectivity index (χ3n) is 4.00. The third-order valence-corrected chi connectivity index (χ3v) is 6.88. The minimum absolute atomic E-state index is 0.0308. The van der Waals surface area contributed by atoms with Crippen LogP contribution in [0.25, 0.3) is 0 Å². The summed E-state index contributed by atoms with van der Waals surface area (Å²) in [5.74, 6) is -0.505. The van der Waals surface area contributed by atoms with E-state index in [1.54, 1.807) is 43.6 Å². The van der Waals surface area contributed by atoms with E-state index in [1.165, 1.54) is 18.4 Å². The van der Waals surface area contributed by atoms with Crippen molar-refractivity contribution in [3.8, 4) is 0 Å². The molecule has 1 aliphatic carbocycles. The number of benzene rings is 1. The molecule has 0 fully saturated rings. The minimum atomic E-state index is -2.95. The van der Waals surface area contributed by atoms with Crippen molar-refractivity contribution in [1.82, 2.24) is 4.98 Å². The third kappa shape index (κ3) is 5.65. The van der Waals surface area contributed by atoms with Crippen LogP contribution < -0.4 is 5.32 Å². The molecule has 0 bridgehead atoms. The molecule has 0 spiro atoms. The van der Waals surface area contributed by atoms with E-state index in [2.05, 4.69) is 15.5 Å². The Labute approximate surface area is 179 Å². The first-order valence-corrected chi connectivity index (χ1v) is 11.3. The standard InChI is InChI=1S/C19H23N3O6S2/c1-26-9-10-28-22-17(18(23)21-19-20-11-14(29-19)12-27-2)13-3-5-15(6-4-13)30(24,25)16-7-8-16/h3-7,11,24-25H,8-10,12H2,1-2H3,(H,20,21,23). The zero-order valence-electron chi connectivity index (χ0n) is 16.5. The molecule has 1 heterocycles. The summed E-state index contributed by atoms with van der Waals surface area (Å²) in [6, 6.07) is 6.34. The zero-order chi connectivity index (χ0) is 21.6. The number of rotatable bonds is 11. The molecule has 162 valence electrons. The van der Waals surface area contributed by atoms with Gasteiger partial charge in [0, 0.05) is 37.3 Å². The molecular weight excluding hydrogens is 430 g/mol. The Morgan fingerprint density at radius 3 is 2.60 bits per heavy atom. The molecule has 11 heteroatoms. The molecular formula is C19H23N3O6S2. The Hall–Kier alpha value is -2.28. The molecule has 1 aromatic heterocycles. The van der Waals surface area contributed by atoms with Crippen LogP contribution in [0.15, 0.2) is 51.5 Å². The predicted octanol–water partition coefficient (Wildman–Crippen LogP) is 3.69. The van der Waals surface area contributed by atoms with Crippen LogP contribution in [0.4, 0.5) is 5.13 Å². The summed E-state index contributed by atoms with van der Waals surface area (Å²) < 4.78 is 30.6. The summed E-state index contributed by atoms with van der Waals surface area (Å²) in [5.41, 5.74) is 0.491. The first kappa shape index (κ1) is 22.4. The fourth-order valence-electron chi connectivity index (χ4n) is 2.41. The van der Waals surface area contributed by atoms with Crippen molar-refractivity contribution < 1.29 is 28.2 Å². The Morgan fingerprint density at radius 1 is 1.23 bits per heavy atom. The molecule has 0 saturated carbocycles. The number of allylic oxidation sites excluding steroid dienone is 2. The maximum Gasteiger partial charge on any atom is 0.280 e. The first-order chi connectivity index (χ1) is 14.5. The average molecular weight is 454 g/mol. The van der Waals surface area contributed by atoms with Gasteiger partial charge in [-0.2, -0.15) is 0 Å². The number of nitrogens with one attached hydrogen (secondary N) is 1. The summed E-state index contributed by atoms with van der Waals surface area (Å²) in [6.07, 6.45) is 4.01. The SMILES string of the molecule is COCCON=C(C(=O)Nc1ncc(COC)s1)c1ccc(S(O)(O)C2=CC2)cc1. The van der Waals surface area contributed by atoms with Crippen LogP contribution in [-0.2, 0) is 25.7 Å². The van der Waals surface area contributed by atoms with E-state index in [-0.39, 0.29) is 12.3 Å². The average Bonchev–Trinajstić information content (AvgIpc) is 3.51. The number of carbonyl (C=O) groups excluding carboxylic acids is 1. The number of anilines is 1. The largest absolute Gasteiger partial charge is 0.393 e. The van der Waals surface area contributed by atoms with Gasteiger partial charge in [-0.25, -0.2) is 4.98 Å². The van der Waals surface area contributed by atoms with Crippen molar-refractivity contribution in [3.05, 3.63) is 51.9 Å². The van der Waals surface area contributed by atoms with Gasteiger partial charge >= 0.3 is 0 Å². The number of aromatic nitrogens is 1. The molecule has 2 aromatic rings. The van der Waals surface area contributed by atoms with E-state index in [9.17, 15) is 13.9 Å². The summed E-state index contributed by atoms with van der Waals surface area (Å²) in [6.45, 7) is 0.897. The molecule has 1 aromatic carbocycles. The molecule has 30 heavy (non-hydrogen) atoms. The van der Waals surface area contributed by atoms with Gasteiger partial charge in [-0.05, 0) is 12.1 Å². The highest BCUT2D eigenvalue weighted by Gasteiger charge is 2.27. The smallest absolute Gasteiger partial charge is 0.280 e. The fourth-order valence-corrected chi connectivity index (χ4v) is 4.56. The van der Waals surface area contributed by atoms with Gasteiger partial charge < -0.3 is 14.3 Å². The molecule has 0 atom stereocenters. The zero-order valence-corrected chi connectivity index (χ0v) is 18.2. The number of methoxy groups -OCH3 is 2. The fraction of sp³-hybridized carbons (Fsp3) is 0.316. The van der Waals surface area contributed by atoms with E-state index in [4.69, 9.17) is 14.3 Å². The molecule has 1 amide bonds. The van der Waals surface area contributed by atoms with Gasteiger partial charge in [0.25, 0.3) is 5.91 Å². The molecule has 0 aliphatic heterocycles. The number of hydrogen-bond acceptors (Lipinski definition) is 9. The highest BCUT2D eigenvalue weighted by molar-refractivity contribution is 8.27.